The lowest BCUT2D eigenvalue weighted by Gasteiger charge is -2.25. The van der Waals surface area contributed by atoms with E-state index in [9.17, 15) is 33.4 Å². The number of non-ortho nitro benzene ring substituents is 1. The van der Waals surface area contributed by atoms with Crippen LogP contribution in [0.15, 0.2) is 82.1 Å². The van der Waals surface area contributed by atoms with Gasteiger partial charge in [0.15, 0.2) is 4.90 Å². The molecule has 14 nitrogen and oxygen atoms in total. The molecule has 15 heteroatoms. The van der Waals surface area contributed by atoms with Gasteiger partial charge in [-0.25, -0.2) is 13.4 Å². The van der Waals surface area contributed by atoms with E-state index in [0.717, 1.165) is 27.7 Å². The third kappa shape index (κ3) is 9.20. The SMILES string of the molecule is Cc1oc(-c2ccccc2)nc1CCOc1ccc(CCN(CC(=O)OC(C)(C)C)S(=O)(=O)c2ccc([N+](=O)[O-])cc2[N+](=O)[O-])cc1. The maximum Gasteiger partial charge on any atom is 0.321 e. The van der Waals surface area contributed by atoms with Gasteiger partial charge in [-0.05, 0) is 70.0 Å². The fraction of sp³-hybridized carbons (Fsp3) is 0.312. The summed E-state index contributed by atoms with van der Waals surface area (Å²) >= 11 is 0. The van der Waals surface area contributed by atoms with Gasteiger partial charge in [-0.3, -0.25) is 25.0 Å². The molecule has 3 aromatic carbocycles. The van der Waals surface area contributed by atoms with Gasteiger partial charge in [0.05, 0.1) is 28.2 Å². The summed E-state index contributed by atoms with van der Waals surface area (Å²) < 4.78 is 45.1. The van der Waals surface area contributed by atoms with Crippen LogP contribution in [0.1, 0.15) is 37.8 Å². The smallest absolute Gasteiger partial charge is 0.321 e. The summed E-state index contributed by atoms with van der Waals surface area (Å²) in [5.74, 6) is 0.937. The zero-order valence-electron chi connectivity index (χ0n) is 26.2. The van der Waals surface area contributed by atoms with Crippen molar-refractivity contribution in [3.8, 4) is 17.2 Å². The van der Waals surface area contributed by atoms with Crippen molar-refractivity contribution in [3.63, 3.8) is 0 Å². The van der Waals surface area contributed by atoms with Gasteiger partial charge >= 0.3 is 5.97 Å². The van der Waals surface area contributed by atoms with Gasteiger partial charge < -0.3 is 13.9 Å². The molecule has 47 heavy (non-hydrogen) atoms. The molecule has 0 aliphatic rings. The van der Waals surface area contributed by atoms with Crippen molar-refractivity contribution in [3.05, 3.63) is 110 Å². The maximum atomic E-state index is 13.7. The Morgan fingerprint density at radius 2 is 1.64 bits per heavy atom. The lowest BCUT2D eigenvalue weighted by Crippen LogP contribution is -2.40. The average molecular weight is 667 g/mol. The normalized spacial score (nSPS) is 11.8. The van der Waals surface area contributed by atoms with Crippen LogP contribution in [0.2, 0.25) is 0 Å². The molecule has 0 unspecified atom stereocenters. The van der Waals surface area contributed by atoms with Crippen LogP contribution in [0.4, 0.5) is 11.4 Å². The van der Waals surface area contributed by atoms with Crippen molar-refractivity contribution >= 4 is 27.4 Å². The van der Waals surface area contributed by atoms with Gasteiger partial charge in [-0.15, -0.1) is 0 Å². The van der Waals surface area contributed by atoms with Crippen LogP contribution in [0.3, 0.4) is 0 Å². The quantitative estimate of drug-likeness (QED) is 0.0918. The number of ether oxygens (including phenoxy) is 2. The number of hydrogen-bond acceptors (Lipinski definition) is 11. The number of aromatic nitrogens is 1. The van der Waals surface area contributed by atoms with Crippen LogP contribution in [0.25, 0.3) is 11.5 Å². The summed E-state index contributed by atoms with van der Waals surface area (Å²) in [4.78, 5) is 37.5. The van der Waals surface area contributed by atoms with E-state index in [-0.39, 0.29) is 13.0 Å². The van der Waals surface area contributed by atoms with Gasteiger partial charge in [0, 0.05) is 24.6 Å². The molecule has 0 fully saturated rings. The Morgan fingerprint density at radius 3 is 2.26 bits per heavy atom. The van der Waals surface area contributed by atoms with Crippen molar-refractivity contribution in [1.29, 1.82) is 0 Å². The molecule has 0 aliphatic heterocycles. The minimum absolute atomic E-state index is 0.128. The van der Waals surface area contributed by atoms with Gasteiger partial charge in [0.25, 0.3) is 11.4 Å². The molecule has 0 N–H and O–H groups in total. The van der Waals surface area contributed by atoms with Crippen LogP contribution in [0, 0.1) is 27.2 Å². The molecular formula is C32H34N4O10S. The molecule has 248 valence electrons. The van der Waals surface area contributed by atoms with E-state index >= 15 is 0 Å². The number of benzene rings is 3. The Balaban J connectivity index is 1.45. The lowest BCUT2D eigenvalue weighted by molar-refractivity contribution is -0.396. The molecular weight excluding hydrogens is 632 g/mol. The Labute approximate surface area is 271 Å². The van der Waals surface area contributed by atoms with E-state index in [4.69, 9.17) is 13.9 Å². The molecule has 0 saturated heterocycles. The highest BCUT2D eigenvalue weighted by Crippen LogP contribution is 2.31. The minimum Gasteiger partial charge on any atom is -0.493 e. The summed E-state index contributed by atoms with van der Waals surface area (Å²) in [5, 5.41) is 22.9. The molecule has 0 saturated carbocycles. The van der Waals surface area contributed by atoms with Gasteiger partial charge in [-0.1, -0.05) is 30.3 Å². The molecule has 0 radical (unpaired) electrons. The molecule has 0 bridgehead atoms. The largest absolute Gasteiger partial charge is 0.493 e. The number of carbonyl (C=O) groups is 1. The first-order valence-electron chi connectivity index (χ1n) is 14.5. The fourth-order valence-corrected chi connectivity index (χ4v) is 6.08. The number of hydrogen-bond donors (Lipinski definition) is 0. The summed E-state index contributed by atoms with van der Waals surface area (Å²) in [7, 11) is -4.68. The van der Waals surface area contributed by atoms with Crippen molar-refractivity contribution in [2.45, 2.75) is 51.0 Å². The predicted molar refractivity (Wildman–Crippen MR) is 170 cm³/mol. The summed E-state index contributed by atoms with van der Waals surface area (Å²) in [6.45, 7) is 6.04. The molecule has 0 aliphatic carbocycles. The number of carbonyl (C=O) groups excluding carboxylic acids is 1. The highest BCUT2D eigenvalue weighted by Gasteiger charge is 2.35. The number of nitrogens with zero attached hydrogens (tertiary/aromatic N) is 4. The standard InChI is InChI=1S/C32H34N4O10S/c1-22-27(33-31(45-22)24-8-6-5-7-9-24)17-19-44-26-13-10-23(11-14-26)16-18-34(21-30(37)46-32(2,3)4)47(42,43)29-15-12-25(35(38)39)20-28(29)36(40)41/h5-15,20H,16-19,21H2,1-4H3. The Bertz CT molecular complexity index is 1850. The Kier molecular flexibility index (Phi) is 10.7. The highest BCUT2D eigenvalue weighted by atomic mass is 32.2. The Hall–Kier alpha value is -5.15. The second-order valence-electron chi connectivity index (χ2n) is 11.5. The topological polar surface area (TPSA) is 185 Å². The first-order valence-corrected chi connectivity index (χ1v) is 16.0. The number of esters is 1. The van der Waals surface area contributed by atoms with E-state index in [1.807, 2.05) is 37.3 Å². The second-order valence-corrected chi connectivity index (χ2v) is 13.4. The maximum absolute atomic E-state index is 13.7. The summed E-state index contributed by atoms with van der Waals surface area (Å²) in [5.41, 5.74) is -0.198. The van der Waals surface area contributed by atoms with E-state index in [0.29, 0.717) is 42.1 Å². The molecule has 0 spiro atoms. The van der Waals surface area contributed by atoms with Crippen molar-refractivity contribution in [2.24, 2.45) is 0 Å². The third-order valence-electron chi connectivity index (χ3n) is 6.79. The molecule has 1 aromatic heterocycles. The molecule has 0 atom stereocenters. The van der Waals surface area contributed by atoms with Gasteiger partial charge in [0.2, 0.25) is 15.9 Å². The van der Waals surface area contributed by atoms with Crippen molar-refractivity contribution in [2.75, 3.05) is 19.7 Å². The lowest BCUT2D eigenvalue weighted by atomic mass is 10.1. The van der Waals surface area contributed by atoms with Gasteiger partial charge in [-0.2, -0.15) is 4.31 Å². The number of rotatable bonds is 14. The molecule has 1 heterocycles. The van der Waals surface area contributed by atoms with Gasteiger partial charge in [0.1, 0.15) is 23.7 Å². The van der Waals surface area contributed by atoms with Crippen molar-refractivity contribution in [1.82, 2.24) is 9.29 Å². The Morgan fingerprint density at radius 1 is 0.957 bits per heavy atom. The minimum atomic E-state index is -4.68. The van der Waals surface area contributed by atoms with Crippen LogP contribution in [0.5, 0.6) is 5.75 Å². The van der Waals surface area contributed by atoms with E-state index < -0.39 is 54.3 Å². The fourth-order valence-electron chi connectivity index (χ4n) is 4.56. The number of aryl methyl sites for hydroxylation is 1. The zero-order valence-corrected chi connectivity index (χ0v) is 27.1. The number of nitro benzene ring substituents is 2. The van der Waals surface area contributed by atoms with Crippen LogP contribution in [-0.4, -0.2) is 58.8 Å². The zero-order chi connectivity index (χ0) is 34.4. The number of oxazole rings is 1. The van der Waals surface area contributed by atoms with E-state index in [1.54, 1.807) is 45.0 Å². The molecule has 4 rings (SSSR count). The monoisotopic (exact) mass is 666 g/mol. The van der Waals surface area contributed by atoms with Crippen LogP contribution >= 0.6 is 0 Å². The predicted octanol–water partition coefficient (Wildman–Crippen LogP) is 5.66. The van der Waals surface area contributed by atoms with E-state index in [1.165, 1.54) is 0 Å². The van der Waals surface area contributed by atoms with Crippen LogP contribution in [-0.2, 0) is 32.4 Å². The first-order chi connectivity index (χ1) is 22.1. The van der Waals surface area contributed by atoms with Crippen LogP contribution < -0.4 is 4.74 Å². The summed E-state index contributed by atoms with van der Waals surface area (Å²) in [6, 6.07) is 18.7. The molecule has 0 amide bonds. The molecule has 4 aromatic rings. The number of nitro groups is 2. The first kappa shape index (κ1) is 34.7. The second kappa shape index (κ2) is 14.5. The number of sulfonamides is 1. The highest BCUT2D eigenvalue weighted by molar-refractivity contribution is 7.89. The van der Waals surface area contributed by atoms with Crippen molar-refractivity contribution < 1.29 is 36.9 Å². The average Bonchev–Trinajstić information content (AvgIpc) is 3.39. The third-order valence-corrected chi connectivity index (χ3v) is 8.68. The summed E-state index contributed by atoms with van der Waals surface area (Å²) in [6.07, 6.45) is 0.639. The van der Waals surface area contributed by atoms with E-state index in [2.05, 4.69) is 4.98 Å².